The molecule has 0 aliphatic carbocycles. The smallest absolute Gasteiger partial charge is 0.416 e. The lowest BCUT2D eigenvalue weighted by molar-refractivity contribution is -0.138. The number of H-pyrrole nitrogens is 1. The Bertz CT molecular complexity index is 1000. The Morgan fingerprint density at radius 1 is 1.18 bits per heavy atom. The molecule has 0 fully saturated rings. The largest absolute Gasteiger partial charge is 0.459 e. The van der Waals surface area contributed by atoms with Crippen LogP contribution < -0.4 is 10.1 Å². The van der Waals surface area contributed by atoms with Crippen LogP contribution in [-0.4, -0.2) is 26.1 Å². The molecule has 1 aliphatic rings. The van der Waals surface area contributed by atoms with E-state index < -0.39 is 11.7 Å². The van der Waals surface area contributed by atoms with Gasteiger partial charge in [-0.3, -0.25) is 9.89 Å². The van der Waals surface area contributed by atoms with Gasteiger partial charge in [-0.15, -0.1) is 0 Å². The number of fused-ring (bicyclic) bond motifs is 1. The molecule has 1 aliphatic heterocycles. The van der Waals surface area contributed by atoms with Gasteiger partial charge in [-0.25, -0.2) is 9.97 Å². The summed E-state index contributed by atoms with van der Waals surface area (Å²) in [6, 6.07) is 5.13. The molecule has 3 heterocycles. The molecule has 0 saturated heterocycles. The van der Waals surface area contributed by atoms with Crippen molar-refractivity contribution in [3.8, 4) is 6.01 Å². The van der Waals surface area contributed by atoms with Gasteiger partial charge >= 0.3 is 12.2 Å². The molecule has 1 aromatic carbocycles. The van der Waals surface area contributed by atoms with Gasteiger partial charge in [-0.05, 0) is 11.6 Å². The van der Waals surface area contributed by atoms with Crippen LogP contribution in [0, 0.1) is 0 Å². The predicted octanol–water partition coefficient (Wildman–Crippen LogP) is 3.27. The first-order chi connectivity index (χ1) is 13.4. The van der Waals surface area contributed by atoms with Crippen LogP contribution in [-0.2, 0) is 17.6 Å². The van der Waals surface area contributed by atoms with Gasteiger partial charge in [-0.2, -0.15) is 18.3 Å². The third-order valence-corrected chi connectivity index (χ3v) is 4.42. The van der Waals surface area contributed by atoms with Gasteiger partial charge in [0.25, 0.3) is 0 Å². The topological polar surface area (TPSA) is 92.8 Å². The maximum Gasteiger partial charge on any atom is 0.416 e. The Morgan fingerprint density at radius 2 is 1.93 bits per heavy atom. The molecule has 4 rings (SSSR count). The van der Waals surface area contributed by atoms with Crippen LogP contribution >= 0.6 is 0 Å². The molecular formula is C18H14F3N5O2. The minimum absolute atomic E-state index is 0.00494. The van der Waals surface area contributed by atoms with E-state index in [1.165, 1.54) is 30.6 Å². The van der Waals surface area contributed by atoms with Gasteiger partial charge in [0.2, 0.25) is 5.91 Å². The number of hydrogen-bond donors (Lipinski definition) is 2. The third kappa shape index (κ3) is 3.53. The normalized spacial score (nSPS) is 16.4. The first-order valence-corrected chi connectivity index (χ1v) is 8.35. The second-order valence-corrected chi connectivity index (χ2v) is 6.24. The lowest BCUT2D eigenvalue weighted by atomic mass is 9.89. The van der Waals surface area contributed by atoms with E-state index in [0.29, 0.717) is 11.4 Å². The van der Waals surface area contributed by atoms with Gasteiger partial charge in [0.1, 0.15) is 6.61 Å². The fourth-order valence-electron chi connectivity index (χ4n) is 3.09. The van der Waals surface area contributed by atoms with E-state index in [9.17, 15) is 18.0 Å². The second-order valence-electron chi connectivity index (χ2n) is 6.24. The average Bonchev–Trinajstić information content (AvgIpc) is 3.14. The predicted molar refractivity (Wildman–Crippen MR) is 91.5 cm³/mol. The van der Waals surface area contributed by atoms with Crippen LogP contribution in [0.2, 0.25) is 0 Å². The van der Waals surface area contributed by atoms with Crippen molar-refractivity contribution in [2.24, 2.45) is 0 Å². The Balaban J connectivity index is 1.49. The van der Waals surface area contributed by atoms with Crippen LogP contribution in [0.1, 0.15) is 34.6 Å². The molecule has 7 nitrogen and oxygen atoms in total. The number of carbonyl (C=O) groups is 1. The van der Waals surface area contributed by atoms with E-state index in [2.05, 4.69) is 25.5 Å². The first kappa shape index (κ1) is 18.0. The number of benzene rings is 1. The molecule has 1 atom stereocenters. The maximum atomic E-state index is 13.0. The Kier molecular flexibility index (Phi) is 4.46. The van der Waals surface area contributed by atoms with Gasteiger partial charge in [0, 0.05) is 42.1 Å². The summed E-state index contributed by atoms with van der Waals surface area (Å²) in [5, 5.41) is 9.35. The van der Waals surface area contributed by atoms with Crippen molar-refractivity contribution in [3.05, 3.63) is 65.1 Å². The highest BCUT2D eigenvalue weighted by Crippen LogP contribution is 2.35. The molecule has 0 saturated carbocycles. The molecule has 2 N–H and O–H groups in total. The van der Waals surface area contributed by atoms with E-state index >= 15 is 0 Å². The quantitative estimate of drug-likeness (QED) is 0.715. The van der Waals surface area contributed by atoms with Crippen molar-refractivity contribution in [2.75, 3.05) is 5.32 Å². The number of nitrogens with one attached hydrogen (secondary N) is 2. The molecule has 1 amide bonds. The van der Waals surface area contributed by atoms with Gasteiger partial charge in [0.05, 0.1) is 5.56 Å². The SMILES string of the molecule is O=C1CC(c2cnc(OCc3ccccc3C(F)(F)F)nc2)c2c[nH]nc2N1. The minimum Gasteiger partial charge on any atom is -0.459 e. The number of nitrogens with zero attached hydrogens (tertiary/aromatic N) is 3. The molecule has 3 aromatic rings. The first-order valence-electron chi connectivity index (χ1n) is 8.35. The number of aromatic amines is 1. The molecule has 1 unspecified atom stereocenters. The van der Waals surface area contributed by atoms with Gasteiger partial charge in [0.15, 0.2) is 5.82 Å². The van der Waals surface area contributed by atoms with Crippen LogP contribution in [0.4, 0.5) is 19.0 Å². The lowest BCUT2D eigenvalue weighted by Crippen LogP contribution is -2.23. The number of alkyl halides is 3. The van der Waals surface area contributed by atoms with Crippen LogP contribution in [0.5, 0.6) is 6.01 Å². The number of carbonyl (C=O) groups excluding carboxylic acids is 1. The number of rotatable bonds is 4. The molecule has 0 bridgehead atoms. The van der Waals surface area contributed by atoms with Crippen molar-refractivity contribution in [1.29, 1.82) is 0 Å². The molecule has 10 heteroatoms. The highest BCUT2D eigenvalue weighted by Gasteiger charge is 2.33. The standard InChI is InChI=1S/C18H14F3N5O2/c19-18(20,21)14-4-2-1-3-10(14)9-28-17-22-6-11(7-23-17)12-5-15(27)25-16-13(12)8-24-26-16/h1-4,6-8,12H,5,9H2,(H2,24,25,26,27). The highest BCUT2D eigenvalue weighted by molar-refractivity contribution is 5.94. The Hall–Kier alpha value is -3.43. The zero-order valence-corrected chi connectivity index (χ0v) is 14.3. The molecular weight excluding hydrogens is 375 g/mol. The summed E-state index contributed by atoms with van der Waals surface area (Å²) in [5.74, 6) is 0.0292. The van der Waals surface area contributed by atoms with Gasteiger partial charge < -0.3 is 10.1 Å². The van der Waals surface area contributed by atoms with Crippen LogP contribution in [0.25, 0.3) is 0 Å². The van der Waals surface area contributed by atoms with Gasteiger partial charge in [-0.1, -0.05) is 18.2 Å². The summed E-state index contributed by atoms with van der Waals surface area (Å²) in [4.78, 5) is 20.0. The minimum atomic E-state index is -4.46. The second kappa shape index (κ2) is 6.95. The Labute approximate surface area is 157 Å². The summed E-state index contributed by atoms with van der Waals surface area (Å²) < 4.78 is 44.4. The van der Waals surface area contributed by atoms with Crippen molar-refractivity contribution < 1.29 is 22.7 Å². The zero-order valence-electron chi connectivity index (χ0n) is 14.3. The number of anilines is 1. The maximum absolute atomic E-state index is 13.0. The molecule has 2 aromatic heterocycles. The molecule has 0 spiro atoms. The van der Waals surface area contributed by atoms with Crippen LogP contribution in [0.3, 0.4) is 0 Å². The fourth-order valence-corrected chi connectivity index (χ4v) is 3.09. The lowest BCUT2D eigenvalue weighted by Gasteiger charge is -2.21. The summed E-state index contributed by atoms with van der Waals surface area (Å²) in [6.45, 7) is -0.313. The van der Waals surface area contributed by atoms with Crippen LogP contribution in [0.15, 0.2) is 42.9 Å². The number of ether oxygens (including phenoxy) is 1. The van der Waals surface area contributed by atoms with E-state index in [-0.39, 0.29) is 36.4 Å². The average molecular weight is 389 g/mol. The van der Waals surface area contributed by atoms with E-state index in [0.717, 1.165) is 11.6 Å². The monoisotopic (exact) mass is 389 g/mol. The molecule has 144 valence electrons. The number of halogens is 3. The summed E-state index contributed by atoms with van der Waals surface area (Å²) in [5.41, 5.74) is 0.735. The van der Waals surface area contributed by atoms with Crippen molar-refractivity contribution >= 4 is 11.7 Å². The van der Waals surface area contributed by atoms with Crippen molar-refractivity contribution in [3.63, 3.8) is 0 Å². The van der Waals surface area contributed by atoms with E-state index in [1.807, 2.05) is 0 Å². The number of amides is 1. The van der Waals surface area contributed by atoms with E-state index in [1.54, 1.807) is 6.20 Å². The number of aromatic nitrogens is 4. The zero-order chi connectivity index (χ0) is 19.7. The third-order valence-electron chi connectivity index (χ3n) is 4.42. The van der Waals surface area contributed by atoms with Crippen molar-refractivity contribution in [1.82, 2.24) is 20.2 Å². The molecule has 0 radical (unpaired) electrons. The summed E-state index contributed by atoms with van der Waals surface area (Å²) >= 11 is 0. The Morgan fingerprint density at radius 3 is 2.68 bits per heavy atom. The molecule has 28 heavy (non-hydrogen) atoms. The highest BCUT2D eigenvalue weighted by atomic mass is 19.4. The summed E-state index contributed by atoms with van der Waals surface area (Å²) in [6.07, 6.45) is 0.442. The fraction of sp³-hybridized carbons (Fsp3) is 0.222. The van der Waals surface area contributed by atoms with Crippen molar-refractivity contribution in [2.45, 2.75) is 25.1 Å². The summed E-state index contributed by atoms with van der Waals surface area (Å²) in [7, 11) is 0. The van der Waals surface area contributed by atoms with E-state index in [4.69, 9.17) is 4.74 Å². The number of hydrogen-bond acceptors (Lipinski definition) is 5.